The van der Waals surface area contributed by atoms with Crippen molar-refractivity contribution in [2.45, 2.75) is 25.7 Å². The molecule has 1 aromatic rings. The minimum atomic E-state index is -0.129. The van der Waals surface area contributed by atoms with Crippen molar-refractivity contribution in [3.05, 3.63) is 29.6 Å². The molecule has 1 heterocycles. The molecule has 100 valence electrons. The molecule has 1 saturated carbocycles. The van der Waals surface area contributed by atoms with Gasteiger partial charge in [0.2, 0.25) is 0 Å². The Hall–Kier alpha value is -1.86. The number of rotatable bonds is 5. The van der Waals surface area contributed by atoms with Crippen molar-refractivity contribution in [3.63, 3.8) is 0 Å². The number of carbonyl (C=O) groups excluding carboxylic acids is 1. The van der Waals surface area contributed by atoms with E-state index in [1.165, 1.54) is 12.8 Å². The lowest BCUT2D eigenvalue weighted by molar-refractivity contribution is 0.0947. The second kappa shape index (κ2) is 6.91. The van der Waals surface area contributed by atoms with Crippen molar-refractivity contribution in [3.8, 4) is 11.8 Å². The predicted molar refractivity (Wildman–Crippen MR) is 72.5 cm³/mol. The average Bonchev–Trinajstić information content (AvgIpc) is 3.24. The van der Waals surface area contributed by atoms with E-state index in [1.54, 1.807) is 18.3 Å². The first-order valence-corrected chi connectivity index (χ1v) is 6.63. The first kappa shape index (κ1) is 13.6. The van der Waals surface area contributed by atoms with Crippen LogP contribution in [0.25, 0.3) is 0 Å². The van der Waals surface area contributed by atoms with Crippen LogP contribution in [0.1, 0.15) is 41.7 Å². The standard InChI is InChI=1S/C15H18N2O2/c18-10-2-1-3-13-6-7-14(17-11-13)15(19)16-9-8-12-4-5-12/h6-7,11-12,18H,2,4-5,8-10H2,(H,16,19). The Balaban J connectivity index is 1.82. The maximum Gasteiger partial charge on any atom is 0.269 e. The first-order valence-electron chi connectivity index (χ1n) is 6.63. The molecule has 0 bridgehead atoms. The van der Waals surface area contributed by atoms with Gasteiger partial charge in [-0.05, 0) is 24.5 Å². The van der Waals surface area contributed by atoms with Crippen molar-refractivity contribution in [2.75, 3.05) is 13.2 Å². The molecule has 0 saturated heterocycles. The fraction of sp³-hybridized carbons (Fsp3) is 0.467. The van der Waals surface area contributed by atoms with Gasteiger partial charge < -0.3 is 10.4 Å². The third-order valence-corrected chi connectivity index (χ3v) is 3.00. The number of pyridine rings is 1. The van der Waals surface area contributed by atoms with Crippen LogP contribution in [0.2, 0.25) is 0 Å². The zero-order chi connectivity index (χ0) is 13.5. The van der Waals surface area contributed by atoms with Crippen LogP contribution in [-0.2, 0) is 0 Å². The molecule has 0 aliphatic heterocycles. The van der Waals surface area contributed by atoms with Crippen LogP contribution < -0.4 is 5.32 Å². The maximum atomic E-state index is 11.8. The van der Waals surface area contributed by atoms with E-state index in [9.17, 15) is 4.79 Å². The van der Waals surface area contributed by atoms with E-state index < -0.39 is 0 Å². The van der Waals surface area contributed by atoms with Gasteiger partial charge in [0.15, 0.2) is 0 Å². The van der Waals surface area contributed by atoms with Crippen molar-refractivity contribution in [2.24, 2.45) is 5.92 Å². The van der Waals surface area contributed by atoms with Crippen LogP contribution in [0, 0.1) is 17.8 Å². The monoisotopic (exact) mass is 258 g/mol. The van der Waals surface area contributed by atoms with E-state index in [-0.39, 0.29) is 12.5 Å². The van der Waals surface area contributed by atoms with Crippen molar-refractivity contribution < 1.29 is 9.90 Å². The van der Waals surface area contributed by atoms with Crippen LogP contribution in [0.5, 0.6) is 0 Å². The minimum absolute atomic E-state index is 0.0575. The Morgan fingerprint density at radius 1 is 1.47 bits per heavy atom. The molecule has 2 rings (SSSR count). The summed E-state index contributed by atoms with van der Waals surface area (Å²) in [4.78, 5) is 15.9. The number of hydrogen-bond acceptors (Lipinski definition) is 3. The zero-order valence-corrected chi connectivity index (χ0v) is 10.9. The molecule has 1 amide bonds. The van der Waals surface area contributed by atoms with E-state index in [0.29, 0.717) is 12.1 Å². The summed E-state index contributed by atoms with van der Waals surface area (Å²) in [6.45, 7) is 0.783. The van der Waals surface area contributed by atoms with Gasteiger partial charge in [0.25, 0.3) is 5.91 Å². The summed E-state index contributed by atoms with van der Waals surface area (Å²) in [7, 11) is 0. The number of nitrogens with zero attached hydrogens (tertiary/aromatic N) is 1. The van der Waals surface area contributed by atoms with E-state index in [0.717, 1.165) is 24.4 Å². The molecule has 0 radical (unpaired) electrons. The third-order valence-electron chi connectivity index (χ3n) is 3.00. The second-order valence-electron chi connectivity index (χ2n) is 4.70. The van der Waals surface area contributed by atoms with Gasteiger partial charge in [0.05, 0.1) is 6.61 Å². The first-order chi connectivity index (χ1) is 9.29. The van der Waals surface area contributed by atoms with Gasteiger partial charge >= 0.3 is 0 Å². The van der Waals surface area contributed by atoms with E-state index in [2.05, 4.69) is 22.1 Å². The molecule has 0 unspecified atom stereocenters. The highest BCUT2D eigenvalue weighted by Gasteiger charge is 2.20. The SMILES string of the molecule is O=C(NCCC1CC1)c1ccc(C#CCCO)cn1. The lowest BCUT2D eigenvalue weighted by Crippen LogP contribution is -2.25. The van der Waals surface area contributed by atoms with Gasteiger partial charge in [-0.1, -0.05) is 24.7 Å². The summed E-state index contributed by atoms with van der Waals surface area (Å²) in [5, 5.41) is 11.5. The van der Waals surface area contributed by atoms with Crippen molar-refractivity contribution >= 4 is 5.91 Å². The summed E-state index contributed by atoms with van der Waals surface area (Å²) in [6.07, 6.45) is 5.70. The maximum absolute atomic E-state index is 11.8. The van der Waals surface area contributed by atoms with Gasteiger partial charge in [-0.15, -0.1) is 0 Å². The molecule has 1 aromatic heterocycles. The Morgan fingerprint density at radius 3 is 2.95 bits per heavy atom. The molecule has 4 nitrogen and oxygen atoms in total. The molecular weight excluding hydrogens is 240 g/mol. The van der Waals surface area contributed by atoms with Gasteiger partial charge in [-0.2, -0.15) is 0 Å². The predicted octanol–water partition coefficient (Wildman–Crippen LogP) is 1.35. The molecule has 0 spiro atoms. The molecule has 2 N–H and O–H groups in total. The molecular formula is C15H18N2O2. The molecule has 19 heavy (non-hydrogen) atoms. The highest BCUT2D eigenvalue weighted by Crippen LogP contribution is 2.31. The number of aromatic nitrogens is 1. The molecule has 1 aliphatic carbocycles. The van der Waals surface area contributed by atoms with E-state index >= 15 is 0 Å². The topological polar surface area (TPSA) is 62.2 Å². The smallest absolute Gasteiger partial charge is 0.269 e. The second-order valence-corrected chi connectivity index (χ2v) is 4.70. The number of amides is 1. The number of carbonyl (C=O) groups is 1. The van der Waals surface area contributed by atoms with Gasteiger partial charge in [0, 0.05) is 24.7 Å². The molecule has 1 aliphatic rings. The molecule has 1 fully saturated rings. The third kappa shape index (κ3) is 4.72. The summed E-state index contributed by atoms with van der Waals surface area (Å²) in [6, 6.07) is 3.45. The van der Waals surface area contributed by atoms with Crippen molar-refractivity contribution in [1.82, 2.24) is 10.3 Å². The quantitative estimate of drug-likeness (QED) is 0.784. The largest absolute Gasteiger partial charge is 0.395 e. The Morgan fingerprint density at radius 2 is 2.32 bits per heavy atom. The van der Waals surface area contributed by atoms with Crippen molar-refractivity contribution in [1.29, 1.82) is 0 Å². The molecule has 4 heteroatoms. The number of aliphatic hydroxyl groups excluding tert-OH is 1. The summed E-state index contributed by atoms with van der Waals surface area (Å²) < 4.78 is 0. The fourth-order valence-corrected chi connectivity index (χ4v) is 1.71. The van der Waals surface area contributed by atoms with Crippen LogP contribution in [0.15, 0.2) is 18.3 Å². The van der Waals surface area contributed by atoms with Gasteiger partial charge in [0.1, 0.15) is 5.69 Å². The Bertz CT molecular complexity index is 481. The highest BCUT2D eigenvalue weighted by atomic mass is 16.2. The van der Waals surface area contributed by atoms with E-state index in [1.807, 2.05) is 0 Å². The van der Waals surface area contributed by atoms with Gasteiger partial charge in [-0.25, -0.2) is 4.98 Å². The lowest BCUT2D eigenvalue weighted by atomic mass is 10.2. The van der Waals surface area contributed by atoms with Gasteiger partial charge in [-0.3, -0.25) is 4.79 Å². The Labute approximate surface area is 113 Å². The summed E-state index contributed by atoms with van der Waals surface area (Å²) in [5.74, 6) is 6.37. The number of nitrogens with one attached hydrogen (secondary N) is 1. The molecule has 0 aromatic carbocycles. The summed E-state index contributed by atoms with van der Waals surface area (Å²) in [5.41, 5.74) is 1.17. The van der Waals surface area contributed by atoms with E-state index in [4.69, 9.17) is 5.11 Å². The number of aliphatic hydroxyl groups is 1. The van der Waals surface area contributed by atoms with Crippen LogP contribution in [0.3, 0.4) is 0 Å². The van der Waals surface area contributed by atoms with Crippen LogP contribution >= 0.6 is 0 Å². The zero-order valence-electron chi connectivity index (χ0n) is 10.9. The minimum Gasteiger partial charge on any atom is -0.395 e. The lowest BCUT2D eigenvalue weighted by Gasteiger charge is -2.03. The van der Waals surface area contributed by atoms with Crippen LogP contribution in [-0.4, -0.2) is 29.1 Å². The summed E-state index contributed by atoms with van der Waals surface area (Å²) >= 11 is 0. The number of hydrogen-bond donors (Lipinski definition) is 2. The normalized spacial score (nSPS) is 13.5. The molecule has 0 atom stereocenters. The van der Waals surface area contributed by atoms with Crippen LogP contribution in [0.4, 0.5) is 0 Å². The Kier molecular flexibility index (Phi) is 4.93. The average molecular weight is 258 g/mol. The fourth-order valence-electron chi connectivity index (χ4n) is 1.71. The highest BCUT2D eigenvalue weighted by molar-refractivity contribution is 5.92.